The van der Waals surface area contributed by atoms with Gasteiger partial charge in [-0.3, -0.25) is 0 Å². The van der Waals surface area contributed by atoms with E-state index in [0.717, 1.165) is 15.1 Å². The molecule has 0 fully saturated rings. The van der Waals surface area contributed by atoms with Gasteiger partial charge in [0.25, 0.3) is 0 Å². The van der Waals surface area contributed by atoms with Gasteiger partial charge in [-0.2, -0.15) is 0 Å². The molecule has 0 rings (SSSR count). The highest BCUT2D eigenvalue weighted by molar-refractivity contribution is 8.89. The Hall–Kier alpha value is 0.640. The molecule has 0 spiro atoms. The molecule has 0 aromatic heterocycles. The molecule has 0 bridgehead atoms. The first kappa shape index (κ1) is 12.6. The number of hydrogen-bond acceptors (Lipinski definition) is 5. The first-order chi connectivity index (χ1) is 5.57. The third-order valence-corrected chi connectivity index (χ3v) is 4.78. The zero-order valence-electron chi connectivity index (χ0n) is 7.29. The van der Waals surface area contributed by atoms with Gasteiger partial charge < -0.3 is 10.2 Å². The van der Waals surface area contributed by atoms with Crippen molar-refractivity contribution >= 4 is 54.5 Å². The van der Waals surface area contributed by atoms with Gasteiger partial charge in [-0.25, -0.2) is 0 Å². The minimum absolute atomic E-state index is 0.753. The predicted molar refractivity (Wildman–Crippen MR) is 68.0 cm³/mol. The van der Waals surface area contributed by atoms with Crippen molar-refractivity contribution in [3.63, 3.8) is 0 Å². The highest BCUT2D eigenvalue weighted by Crippen LogP contribution is 2.25. The minimum atomic E-state index is 0.753. The number of nitrogens with one attached hydrogen (secondary N) is 1. The Morgan fingerprint density at radius 1 is 1.33 bits per heavy atom. The third-order valence-electron chi connectivity index (χ3n) is 0.892. The lowest BCUT2D eigenvalue weighted by atomic mass is 10.8. The second kappa shape index (κ2) is 7.08. The lowest BCUT2D eigenvalue weighted by Gasteiger charge is -2.11. The quantitative estimate of drug-likeness (QED) is 0.580. The van der Waals surface area contributed by atoms with Crippen LogP contribution in [0.4, 0.5) is 0 Å². The Labute approximate surface area is 92.2 Å². The number of hydrogen-bond donors (Lipinski definition) is 1. The SMILES string of the molecule is CNCC(=S)SSC(=S)N(C)C. The highest BCUT2D eigenvalue weighted by atomic mass is 33.1. The fraction of sp³-hybridized carbons (Fsp3) is 0.667. The van der Waals surface area contributed by atoms with Crippen LogP contribution in [0, 0.1) is 0 Å². The predicted octanol–water partition coefficient (Wildman–Crippen LogP) is 1.76. The van der Waals surface area contributed by atoms with Crippen LogP contribution in [0.25, 0.3) is 0 Å². The summed E-state index contributed by atoms with van der Waals surface area (Å²) in [6.07, 6.45) is 0. The standard InChI is InChI=1S/C6H12N2S4/c1-7-4-5(9)11-12-6(10)8(2)3/h7H,4H2,1-3H3. The molecule has 1 N–H and O–H groups in total. The van der Waals surface area contributed by atoms with Crippen LogP contribution in [-0.4, -0.2) is 41.1 Å². The monoisotopic (exact) mass is 240 g/mol. The Bertz CT molecular complexity index is 169. The highest BCUT2D eigenvalue weighted by Gasteiger charge is 2.02. The van der Waals surface area contributed by atoms with Crippen molar-refractivity contribution in [2.45, 2.75) is 0 Å². The molecule has 0 saturated heterocycles. The lowest BCUT2D eigenvalue weighted by molar-refractivity contribution is 0.648. The molecule has 0 unspecified atom stereocenters. The summed E-state index contributed by atoms with van der Waals surface area (Å²) in [6, 6.07) is 0. The Morgan fingerprint density at radius 3 is 2.33 bits per heavy atom. The molecule has 0 radical (unpaired) electrons. The molecule has 6 heteroatoms. The van der Waals surface area contributed by atoms with Crippen LogP contribution in [0.1, 0.15) is 0 Å². The van der Waals surface area contributed by atoms with Crippen LogP contribution in [-0.2, 0) is 0 Å². The molecule has 0 amide bonds. The molecule has 0 aliphatic heterocycles. The average Bonchev–Trinajstić information content (AvgIpc) is 2.00. The molecule has 0 aliphatic rings. The van der Waals surface area contributed by atoms with Crippen molar-refractivity contribution in [3.05, 3.63) is 0 Å². The molecule has 0 aromatic rings. The maximum atomic E-state index is 5.07. The van der Waals surface area contributed by atoms with Gasteiger partial charge in [0.15, 0.2) is 0 Å². The summed E-state index contributed by atoms with van der Waals surface area (Å²) in [7, 11) is 8.80. The van der Waals surface area contributed by atoms with E-state index in [1.807, 2.05) is 26.0 Å². The summed E-state index contributed by atoms with van der Waals surface area (Å²) >= 11 is 10.1. The summed E-state index contributed by atoms with van der Waals surface area (Å²) in [5, 5.41) is 2.99. The number of rotatable bonds is 2. The van der Waals surface area contributed by atoms with Gasteiger partial charge in [0.05, 0.1) is 4.20 Å². The number of nitrogens with zero attached hydrogens (tertiary/aromatic N) is 1. The Kier molecular flexibility index (Phi) is 7.46. The molecule has 0 aromatic carbocycles. The van der Waals surface area contributed by atoms with Gasteiger partial charge in [0.2, 0.25) is 0 Å². The van der Waals surface area contributed by atoms with Crippen LogP contribution >= 0.6 is 46.0 Å². The van der Waals surface area contributed by atoms with E-state index in [0.29, 0.717) is 0 Å². The van der Waals surface area contributed by atoms with Gasteiger partial charge >= 0.3 is 0 Å². The van der Waals surface area contributed by atoms with Crippen molar-refractivity contribution in [3.8, 4) is 0 Å². The van der Waals surface area contributed by atoms with E-state index in [4.69, 9.17) is 24.4 Å². The van der Waals surface area contributed by atoms with Crippen LogP contribution in [0.15, 0.2) is 0 Å². The van der Waals surface area contributed by atoms with Crippen LogP contribution < -0.4 is 5.32 Å². The van der Waals surface area contributed by atoms with Gasteiger partial charge in [-0.1, -0.05) is 24.4 Å². The van der Waals surface area contributed by atoms with E-state index in [2.05, 4.69) is 5.32 Å². The minimum Gasteiger partial charge on any atom is -0.363 e. The van der Waals surface area contributed by atoms with E-state index in [-0.39, 0.29) is 0 Å². The Balaban J connectivity index is 3.54. The summed E-state index contributed by atoms with van der Waals surface area (Å²) in [5.41, 5.74) is 0. The summed E-state index contributed by atoms with van der Waals surface area (Å²) in [5.74, 6) is 0. The zero-order valence-corrected chi connectivity index (χ0v) is 10.6. The molecule has 12 heavy (non-hydrogen) atoms. The van der Waals surface area contributed by atoms with Crippen LogP contribution in [0.2, 0.25) is 0 Å². The molecule has 2 nitrogen and oxygen atoms in total. The van der Waals surface area contributed by atoms with E-state index in [1.54, 1.807) is 10.8 Å². The van der Waals surface area contributed by atoms with E-state index >= 15 is 0 Å². The summed E-state index contributed by atoms with van der Waals surface area (Å²) in [4.78, 5) is 1.90. The van der Waals surface area contributed by atoms with Crippen LogP contribution in [0.5, 0.6) is 0 Å². The van der Waals surface area contributed by atoms with Gasteiger partial charge in [0, 0.05) is 20.6 Å². The molecule has 0 heterocycles. The largest absolute Gasteiger partial charge is 0.363 e. The fourth-order valence-electron chi connectivity index (χ4n) is 0.330. The first-order valence-electron chi connectivity index (χ1n) is 3.31. The topological polar surface area (TPSA) is 15.3 Å². The summed E-state index contributed by atoms with van der Waals surface area (Å²) in [6.45, 7) is 0.753. The molecule has 0 saturated carbocycles. The van der Waals surface area contributed by atoms with Crippen molar-refractivity contribution in [2.24, 2.45) is 0 Å². The van der Waals surface area contributed by atoms with Crippen molar-refractivity contribution in [1.29, 1.82) is 0 Å². The van der Waals surface area contributed by atoms with Gasteiger partial charge in [-0.15, -0.1) is 0 Å². The van der Waals surface area contributed by atoms with Crippen LogP contribution in [0.3, 0.4) is 0 Å². The van der Waals surface area contributed by atoms with Gasteiger partial charge in [-0.05, 0) is 28.6 Å². The third kappa shape index (κ3) is 6.19. The normalized spacial score (nSPS) is 9.58. The van der Waals surface area contributed by atoms with Gasteiger partial charge in [0.1, 0.15) is 4.32 Å². The van der Waals surface area contributed by atoms with Crippen molar-refractivity contribution < 1.29 is 0 Å². The fourth-order valence-corrected chi connectivity index (χ4v) is 2.72. The average molecular weight is 240 g/mol. The van der Waals surface area contributed by atoms with E-state index in [1.165, 1.54) is 10.8 Å². The Morgan fingerprint density at radius 2 is 1.92 bits per heavy atom. The molecule has 70 valence electrons. The van der Waals surface area contributed by atoms with Crippen molar-refractivity contribution in [1.82, 2.24) is 10.2 Å². The zero-order chi connectivity index (χ0) is 9.56. The maximum absolute atomic E-state index is 5.07. The molecular formula is C6H12N2S4. The smallest absolute Gasteiger partial charge is 0.146 e. The molecule has 0 aliphatic carbocycles. The summed E-state index contributed by atoms with van der Waals surface area (Å²) < 4.78 is 1.77. The second-order valence-corrected chi connectivity index (χ2v) is 5.84. The lowest BCUT2D eigenvalue weighted by Crippen LogP contribution is -2.17. The molecular weight excluding hydrogens is 228 g/mol. The van der Waals surface area contributed by atoms with E-state index < -0.39 is 0 Å². The maximum Gasteiger partial charge on any atom is 0.146 e. The van der Waals surface area contributed by atoms with E-state index in [9.17, 15) is 0 Å². The molecule has 0 atom stereocenters. The second-order valence-electron chi connectivity index (χ2n) is 2.23. The number of thiocarbonyl (C=S) groups is 2. The van der Waals surface area contributed by atoms with Crippen molar-refractivity contribution in [2.75, 3.05) is 27.7 Å². The first-order valence-corrected chi connectivity index (χ1v) is 6.27.